The number of hydrogen-bond donors (Lipinski definition) is 2. The fourth-order valence-electron chi connectivity index (χ4n) is 2.87. The molecule has 1 heterocycles. The van der Waals surface area contributed by atoms with Crippen molar-refractivity contribution in [3.05, 3.63) is 57.6 Å². The number of carbonyl (C=O) groups is 2. The van der Waals surface area contributed by atoms with Crippen LogP contribution in [0.1, 0.15) is 29.3 Å². The van der Waals surface area contributed by atoms with Gasteiger partial charge < -0.3 is 14.8 Å². The Morgan fingerprint density at radius 2 is 1.90 bits per heavy atom. The molecule has 0 saturated carbocycles. The highest BCUT2D eigenvalue weighted by molar-refractivity contribution is 6.06. The van der Waals surface area contributed by atoms with Gasteiger partial charge in [-0.05, 0) is 32.0 Å². The molecule has 2 aromatic rings. The van der Waals surface area contributed by atoms with Gasteiger partial charge in [-0.1, -0.05) is 6.07 Å². The van der Waals surface area contributed by atoms with Crippen LogP contribution >= 0.6 is 0 Å². The van der Waals surface area contributed by atoms with Crippen molar-refractivity contribution in [2.75, 3.05) is 18.5 Å². The summed E-state index contributed by atoms with van der Waals surface area (Å²) >= 11 is 0. The number of nitro groups is 1. The van der Waals surface area contributed by atoms with Crippen LogP contribution in [0.4, 0.5) is 11.4 Å². The number of benzene rings is 2. The monoisotopic (exact) mass is 412 g/mol. The summed E-state index contributed by atoms with van der Waals surface area (Å²) in [4.78, 5) is 35.0. The lowest BCUT2D eigenvalue weighted by Gasteiger charge is -2.19. The average molecular weight is 412 g/mol. The molecule has 0 atom stereocenters. The summed E-state index contributed by atoms with van der Waals surface area (Å²) in [5.41, 5.74) is 3.47. The largest absolute Gasteiger partial charge is 0.486 e. The van der Waals surface area contributed by atoms with Gasteiger partial charge in [0.25, 0.3) is 11.6 Å². The quantitative estimate of drug-likeness (QED) is 0.426. The van der Waals surface area contributed by atoms with Gasteiger partial charge in [0.15, 0.2) is 11.5 Å². The third kappa shape index (κ3) is 4.90. The summed E-state index contributed by atoms with van der Waals surface area (Å²) in [5, 5.41) is 17.6. The van der Waals surface area contributed by atoms with Crippen molar-refractivity contribution in [3.8, 4) is 11.5 Å². The lowest BCUT2D eigenvalue weighted by Crippen LogP contribution is -2.22. The number of anilines is 1. The van der Waals surface area contributed by atoms with E-state index in [1.807, 2.05) is 0 Å². The van der Waals surface area contributed by atoms with Crippen LogP contribution in [0.15, 0.2) is 41.5 Å². The number of hydrazone groups is 1. The molecule has 0 aliphatic carbocycles. The third-order valence-electron chi connectivity index (χ3n) is 4.34. The Kier molecular flexibility index (Phi) is 6.26. The van der Waals surface area contributed by atoms with E-state index in [-0.39, 0.29) is 29.1 Å². The van der Waals surface area contributed by atoms with Gasteiger partial charge in [-0.25, -0.2) is 5.43 Å². The molecule has 2 amide bonds. The molecule has 2 aromatic carbocycles. The second-order valence-electron chi connectivity index (χ2n) is 6.58. The van der Waals surface area contributed by atoms with Crippen molar-refractivity contribution in [3.63, 3.8) is 0 Å². The Balaban J connectivity index is 1.58. The first-order chi connectivity index (χ1) is 14.3. The highest BCUT2D eigenvalue weighted by Crippen LogP contribution is 2.32. The van der Waals surface area contributed by atoms with E-state index >= 15 is 0 Å². The van der Waals surface area contributed by atoms with Gasteiger partial charge in [0.2, 0.25) is 5.91 Å². The number of nitrogens with zero attached hydrogens (tertiary/aromatic N) is 2. The predicted octanol–water partition coefficient (Wildman–Crippen LogP) is 2.81. The van der Waals surface area contributed by atoms with Gasteiger partial charge in [-0.15, -0.1) is 0 Å². The second-order valence-corrected chi connectivity index (χ2v) is 6.58. The maximum Gasteiger partial charge on any atom is 0.273 e. The predicted molar refractivity (Wildman–Crippen MR) is 109 cm³/mol. The number of nitrogens with one attached hydrogen (secondary N) is 2. The summed E-state index contributed by atoms with van der Waals surface area (Å²) in [6.07, 6.45) is -0.0529. The molecular weight excluding hydrogens is 392 g/mol. The van der Waals surface area contributed by atoms with E-state index in [0.29, 0.717) is 36.1 Å². The average Bonchev–Trinajstić information content (AvgIpc) is 2.71. The van der Waals surface area contributed by atoms with Gasteiger partial charge in [0, 0.05) is 29.1 Å². The van der Waals surface area contributed by atoms with Crippen LogP contribution in [0.2, 0.25) is 0 Å². The lowest BCUT2D eigenvalue weighted by atomic mass is 10.1. The number of amides is 2. The minimum absolute atomic E-state index is 0.0529. The highest BCUT2D eigenvalue weighted by Gasteiger charge is 2.18. The van der Waals surface area contributed by atoms with Crippen molar-refractivity contribution < 1.29 is 24.0 Å². The van der Waals surface area contributed by atoms with Crippen molar-refractivity contribution in [1.29, 1.82) is 0 Å². The number of carbonyl (C=O) groups excluding carboxylic acids is 2. The minimum Gasteiger partial charge on any atom is -0.486 e. The molecule has 10 nitrogen and oxygen atoms in total. The molecule has 0 bridgehead atoms. The molecular formula is C20H20N4O6. The smallest absolute Gasteiger partial charge is 0.273 e. The van der Waals surface area contributed by atoms with Crippen molar-refractivity contribution in [1.82, 2.24) is 5.43 Å². The molecule has 0 fully saturated rings. The van der Waals surface area contributed by atoms with E-state index in [9.17, 15) is 19.7 Å². The maximum atomic E-state index is 12.3. The number of nitro benzene ring substituents is 1. The van der Waals surface area contributed by atoms with Gasteiger partial charge >= 0.3 is 0 Å². The Labute approximate surface area is 172 Å². The number of ether oxygens (including phenoxy) is 2. The van der Waals surface area contributed by atoms with Gasteiger partial charge in [-0.3, -0.25) is 19.7 Å². The molecule has 0 aromatic heterocycles. The molecule has 1 aliphatic rings. The Bertz CT molecular complexity index is 1030. The molecule has 10 heteroatoms. The molecule has 0 saturated heterocycles. The zero-order valence-corrected chi connectivity index (χ0v) is 16.4. The zero-order chi connectivity index (χ0) is 21.7. The van der Waals surface area contributed by atoms with E-state index in [4.69, 9.17) is 9.47 Å². The normalized spacial score (nSPS) is 12.8. The van der Waals surface area contributed by atoms with E-state index in [0.717, 1.165) is 0 Å². The van der Waals surface area contributed by atoms with Crippen molar-refractivity contribution in [2.45, 2.75) is 20.3 Å². The lowest BCUT2D eigenvalue weighted by molar-refractivity contribution is -0.385. The summed E-state index contributed by atoms with van der Waals surface area (Å²) in [5.74, 6) is 0.261. The zero-order valence-electron chi connectivity index (χ0n) is 16.4. The van der Waals surface area contributed by atoms with Crippen LogP contribution < -0.4 is 20.2 Å². The molecule has 156 valence electrons. The van der Waals surface area contributed by atoms with Crippen LogP contribution in [0.5, 0.6) is 11.5 Å². The molecule has 1 aliphatic heterocycles. The van der Waals surface area contributed by atoms with Gasteiger partial charge in [0.1, 0.15) is 13.2 Å². The molecule has 0 spiro atoms. The number of fused-ring (bicyclic) bond motifs is 1. The molecule has 2 N–H and O–H groups in total. The maximum absolute atomic E-state index is 12.3. The summed E-state index contributed by atoms with van der Waals surface area (Å²) in [7, 11) is 0. The fourth-order valence-corrected chi connectivity index (χ4v) is 2.87. The number of rotatable bonds is 6. The standard InChI is InChI=1S/C20H20N4O6/c1-12(22-23-20(26)15-4-3-5-16(13(15)2)24(27)28)10-19(25)21-14-6-7-17-18(11-14)30-9-8-29-17/h3-7,11H,8-10H2,1-2H3,(H,21,25)(H,23,26). The second kappa shape index (κ2) is 9.03. The van der Waals surface area contributed by atoms with Crippen LogP contribution in [-0.2, 0) is 4.79 Å². The first-order valence-electron chi connectivity index (χ1n) is 9.12. The Hall–Kier alpha value is -3.95. The van der Waals surface area contributed by atoms with E-state index in [1.54, 1.807) is 25.1 Å². The van der Waals surface area contributed by atoms with Crippen molar-refractivity contribution in [2.24, 2.45) is 5.10 Å². The third-order valence-corrected chi connectivity index (χ3v) is 4.34. The van der Waals surface area contributed by atoms with E-state index in [1.165, 1.54) is 25.1 Å². The molecule has 3 rings (SSSR count). The van der Waals surface area contributed by atoms with Crippen molar-refractivity contribution >= 4 is 28.9 Å². The van der Waals surface area contributed by atoms with Crippen LogP contribution in [-0.4, -0.2) is 35.7 Å². The van der Waals surface area contributed by atoms with Crippen LogP contribution in [0.25, 0.3) is 0 Å². The Morgan fingerprint density at radius 3 is 2.63 bits per heavy atom. The van der Waals surface area contributed by atoms with Crippen LogP contribution in [0.3, 0.4) is 0 Å². The summed E-state index contributed by atoms with van der Waals surface area (Å²) < 4.78 is 10.9. The first kappa shape index (κ1) is 20.8. The van der Waals surface area contributed by atoms with Gasteiger partial charge in [0.05, 0.1) is 16.9 Å². The number of hydrogen-bond acceptors (Lipinski definition) is 7. The molecule has 0 radical (unpaired) electrons. The SMILES string of the molecule is CC(CC(=O)Nc1ccc2c(c1)OCCO2)=NNC(=O)c1cccc([N+](=O)[O-])c1C. The van der Waals surface area contributed by atoms with Gasteiger partial charge in [-0.2, -0.15) is 5.10 Å². The minimum atomic E-state index is -0.595. The Morgan fingerprint density at radius 1 is 1.17 bits per heavy atom. The molecule has 0 unspecified atom stereocenters. The first-order valence-corrected chi connectivity index (χ1v) is 9.12. The summed E-state index contributed by atoms with van der Waals surface area (Å²) in [6.45, 7) is 4.00. The molecule has 30 heavy (non-hydrogen) atoms. The highest BCUT2D eigenvalue weighted by atomic mass is 16.6. The fraction of sp³-hybridized carbons (Fsp3) is 0.250. The summed E-state index contributed by atoms with van der Waals surface area (Å²) in [6, 6.07) is 9.31. The topological polar surface area (TPSA) is 132 Å². The van der Waals surface area contributed by atoms with E-state index < -0.39 is 10.8 Å². The van der Waals surface area contributed by atoms with Crippen LogP contribution in [0, 0.1) is 17.0 Å². The van der Waals surface area contributed by atoms with E-state index in [2.05, 4.69) is 15.8 Å².